The number of nitrogens with zero attached hydrogens (tertiary/aromatic N) is 1. The molecule has 0 aromatic heterocycles. The third-order valence-electron chi connectivity index (χ3n) is 3.80. The van der Waals surface area contributed by atoms with Crippen LogP contribution in [0.3, 0.4) is 0 Å². The van der Waals surface area contributed by atoms with E-state index in [1.54, 1.807) is 26.3 Å². The van der Waals surface area contributed by atoms with Gasteiger partial charge in [0.15, 0.2) is 5.96 Å². The molecule has 0 saturated carbocycles. The largest absolute Gasteiger partial charge is 0.497 e. The van der Waals surface area contributed by atoms with E-state index in [1.165, 1.54) is 17.7 Å². The number of aliphatic imine (C=N–C) groups is 1. The van der Waals surface area contributed by atoms with E-state index in [0.29, 0.717) is 12.5 Å². The highest BCUT2D eigenvalue weighted by Crippen LogP contribution is 2.11. The highest BCUT2D eigenvalue weighted by molar-refractivity contribution is 7.89. The van der Waals surface area contributed by atoms with Crippen LogP contribution in [0.25, 0.3) is 0 Å². The minimum atomic E-state index is -3.66. The number of sulfonamides is 1. The molecule has 0 bridgehead atoms. The first kappa shape index (κ1) is 19.7. The number of nitrogens with one attached hydrogen (secondary N) is 2. The van der Waals surface area contributed by atoms with E-state index in [4.69, 9.17) is 9.88 Å². The number of hydrogen-bond acceptors (Lipinski definition) is 4. The van der Waals surface area contributed by atoms with Gasteiger partial charge in [-0.3, -0.25) is 4.99 Å². The molecule has 0 atom stereocenters. The predicted octanol–water partition coefficient (Wildman–Crippen LogP) is 1.25. The van der Waals surface area contributed by atoms with Crippen molar-refractivity contribution in [1.82, 2.24) is 10.6 Å². The van der Waals surface area contributed by atoms with Gasteiger partial charge in [-0.1, -0.05) is 24.3 Å². The number of ether oxygens (including phenoxy) is 1. The normalized spacial score (nSPS) is 11.9. The molecule has 2 aromatic carbocycles. The van der Waals surface area contributed by atoms with Crippen LogP contribution in [0.15, 0.2) is 58.4 Å². The summed E-state index contributed by atoms with van der Waals surface area (Å²) in [6, 6.07) is 14.4. The van der Waals surface area contributed by atoms with Crippen molar-refractivity contribution in [3.05, 3.63) is 59.7 Å². The van der Waals surface area contributed by atoms with E-state index in [2.05, 4.69) is 15.6 Å². The SMILES string of the molecule is CN=C(NCCc1ccc(OC)cc1)NCc1ccc(S(N)(=O)=O)cc1. The highest BCUT2D eigenvalue weighted by atomic mass is 32.2. The van der Waals surface area contributed by atoms with Gasteiger partial charge in [0.1, 0.15) is 5.75 Å². The third-order valence-corrected chi connectivity index (χ3v) is 4.73. The van der Waals surface area contributed by atoms with Crippen molar-refractivity contribution in [2.24, 2.45) is 10.1 Å². The first-order valence-corrected chi connectivity index (χ1v) is 9.66. The number of guanidine groups is 1. The molecule has 140 valence electrons. The quantitative estimate of drug-likeness (QED) is 0.498. The van der Waals surface area contributed by atoms with Crippen LogP contribution in [0.5, 0.6) is 5.75 Å². The lowest BCUT2D eigenvalue weighted by Gasteiger charge is -2.12. The second-order valence-electron chi connectivity index (χ2n) is 5.64. The first-order chi connectivity index (χ1) is 12.4. The Morgan fingerprint density at radius 3 is 2.19 bits per heavy atom. The molecule has 7 nitrogen and oxygen atoms in total. The van der Waals surface area contributed by atoms with E-state index in [-0.39, 0.29) is 4.90 Å². The summed E-state index contributed by atoms with van der Waals surface area (Å²) >= 11 is 0. The molecule has 8 heteroatoms. The smallest absolute Gasteiger partial charge is 0.238 e. The van der Waals surface area contributed by atoms with Crippen LogP contribution in [0.1, 0.15) is 11.1 Å². The fourth-order valence-electron chi connectivity index (χ4n) is 2.32. The van der Waals surface area contributed by atoms with Crippen LogP contribution < -0.4 is 20.5 Å². The molecule has 0 unspecified atom stereocenters. The maximum atomic E-state index is 11.3. The molecular formula is C18H24N4O3S. The summed E-state index contributed by atoms with van der Waals surface area (Å²) in [5.41, 5.74) is 2.13. The van der Waals surface area contributed by atoms with Crippen LogP contribution in [0.4, 0.5) is 0 Å². The van der Waals surface area contributed by atoms with E-state index >= 15 is 0 Å². The van der Waals surface area contributed by atoms with E-state index in [0.717, 1.165) is 24.3 Å². The maximum absolute atomic E-state index is 11.3. The van der Waals surface area contributed by atoms with Crippen molar-refractivity contribution in [3.63, 3.8) is 0 Å². The van der Waals surface area contributed by atoms with Gasteiger partial charge in [-0.05, 0) is 41.8 Å². The zero-order chi connectivity index (χ0) is 19.0. The molecule has 26 heavy (non-hydrogen) atoms. The molecule has 0 aliphatic carbocycles. The standard InChI is InChI=1S/C18H24N4O3S/c1-20-18(21-12-11-14-3-7-16(25-2)8-4-14)22-13-15-5-9-17(10-6-15)26(19,23)24/h3-10H,11-13H2,1-2H3,(H2,19,23,24)(H2,20,21,22). The Balaban J connectivity index is 1.80. The van der Waals surface area contributed by atoms with Gasteiger partial charge in [0.2, 0.25) is 10.0 Å². The van der Waals surface area contributed by atoms with Crippen LogP contribution >= 0.6 is 0 Å². The van der Waals surface area contributed by atoms with E-state index < -0.39 is 10.0 Å². The minimum Gasteiger partial charge on any atom is -0.497 e. The monoisotopic (exact) mass is 376 g/mol. The van der Waals surface area contributed by atoms with Crippen LogP contribution in [0, 0.1) is 0 Å². The van der Waals surface area contributed by atoms with Gasteiger partial charge in [-0.15, -0.1) is 0 Å². The van der Waals surface area contributed by atoms with Crippen molar-refractivity contribution in [2.45, 2.75) is 17.9 Å². The van der Waals surface area contributed by atoms with Crippen LogP contribution in [-0.2, 0) is 23.0 Å². The zero-order valence-corrected chi connectivity index (χ0v) is 15.7. The molecule has 4 N–H and O–H groups in total. The third kappa shape index (κ3) is 6.05. The van der Waals surface area contributed by atoms with Gasteiger partial charge in [0.05, 0.1) is 12.0 Å². The average Bonchev–Trinajstić information content (AvgIpc) is 2.64. The fourth-order valence-corrected chi connectivity index (χ4v) is 2.84. The van der Waals surface area contributed by atoms with Crippen molar-refractivity contribution in [2.75, 3.05) is 20.7 Å². The summed E-state index contributed by atoms with van der Waals surface area (Å²) in [4.78, 5) is 4.28. The van der Waals surface area contributed by atoms with Crippen LogP contribution in [-0.4, -0.2) is 35.1 Å². The zero-order valence-electron chi connectivity index (χ0n) is 14.9. The van der Waals surface area contributed by atoms with Gasteiger partial charge < -0.3 is 15.4 Å². The van der Waals surface area contributed by atoms with Gasteiger partial charge in [0, 0.05) is 20.1 Å². The number of nitrogens with two attached hydrogens (primary N) is 1. The fraction of sp³-hybridized carbons (Fsp3) is 0.278. The minimum absolute atomic E-state index is 0.100. The van der Waals surface area contributed by atoms with Gasteiger partial charge in [0.25, 0.3) is 0 Å². The summed E-state index contributed by atoms with van der Waals surface area (Å²) in [5.74, 6) is 1.52. The van der Waals surface area contributed by atoms with Crippen molar-refractivity contribution in [1.29, 1.82) is 0 Å². The Morgan fingerprint density at radius 1 is 1.04 bits per heavy atom. The summed E-state index contributed by atoms with van der Waals surface area (Å²) < 4.78 is 27.7. The summed E-state index contributed by atoms with van der Waals surface area (Å²) in [6.07, 6.45) is 0.855. The molecule has 0 saturated heterocycles. The Bertz CT molecular complexity index is 832. The Morgan fingerprint density at radius 2 is 1.65 bits per heavy atom. The number of rotatable bonds is 7. The Labute approximate surface area is 154 Å². The van der Waals surface area contributed by atoms with Crippen molar-refractivity contribution < 1.29 is 13.2 Å². The number of primary sulfonamides is 1. The Kier molecular flexibility index (Phi) is 6.99. The first-order valence-electron chi connectivity index (χ1n) is 8.11. The highest BCUT2D eigenvalue weighted by Gasteiger charge is 2.07. The molecule has 0 heterocycles. The lowest BCUT2D eigenvalue weighted by Crippen LogP contribution is -2.37. The second-order valence-corrected chi connectivity index (χ2v) is 7.20. The summed E-state index contributed by atoms with van der Waals surface area (Å²) in [5, 5.41) is 11.5. The molecule has 0 amide bonds. The van der Waals surface area contributed by atoms with Crippen molar-refractivity contribution >= 4 is 16.0 Å². The molecule has 0 fully saturated rings. The van der Waals surface area contributed by atoms with Gasteiger partial charge in [-0.2, -0.15) is 0 Å². The molecule has 0 aliphatic rings. The summed E-state index contributed by atoms with van der Waals surface area (Å²) in [7, 11) is -0.314. The molecule has 2 rings (SSSR count). The van der Waals surface area contributed by atoms with E-state index in [9.17, 15) is 8.42 Å². The van der Waals surface area contributed by atoms with Gasteiger partial charge >= 0.3 is 0 Å². The summed E-state index contributed by atoms with van der Waals surface area (Å²) in [6.45, 7) is 1.25. The van der Waals surface area contributed by atoms with Gasteiger partial charge in [-0.25, -0.2) is 13.6 Å². The maximum Gasteiger partial charge on any atom is 0.238 e. The molecule has 0 spiro atoms. The lowest BCUT2D eigenvalue weighted by atomic mass is 10.1. The predicted molar refractivity (Wildman–Crippen MR) is 103 cm³/mol. The molecule has 0 radical (unpaired) electrons. The topological polar surface area (TPSA) is 106 Å². The van der Waals surface area contributed by atoms with E-state index in [1.807, 2.05) is 24.3 Å². The van der Waals surface area contributed by atoms with Crippen LogP contribution in [0.2, 0.25) is 0 Å². The Hall–Kier alpha value is -2.58. The number of benzene rings is 2. The average molecular weight is 376 g/mol. The molecular weight excluding hydrogens is 352 g/mol. The number of methoxy groups -OCH3 is 1. The molecule has 0 aliphatic heterocycles. The number of hydrogen-bond donors (Lipinski definition) is 3. The lowest BCUT2D eigenvalue weighted by molar-refractivity contribution is 0.414. The molecule has 2 aromatic rings. The second kappa shape index (κ2) is 9.21. The van der Waals surface area contributed by atoms with Crippen molar-refractivity contribution in [3.8, 4) is 5.75 Å².